The first kappa shape index (κ1) is 19.5. The van der Waals surface area contributed by atoms with Crippen LogP contribution in [0.2, 0.25) is 0 Å². The quantitative estimate of drug-likeness (QED) is 0.613. The van der Waals surface area contributed by atoms with Crippen LogP contribution in [-0.2, 0) is 9.59 Å². The first-order valence-electron chi connectivity index (χ1n) is 10.4. The van der Waals surface area contributed by atoms with Gasteiger partial charge in [-0.3, -0.25) is 9.59 Å². The van der Waals surface area contributed by atoms with Gasteiger partial charge >= 0.3 is 0 Å². The highest BCUT2D eigenvalue weighted by Gasteiger charge is 2.30. The molecule has 2 atom stereocenters. The maximum absolute atomic E-state index is 13.0. The molecule has 0 bridgehead atoms. The van der Waals surface area contributed by atoms with Crippen LogP contribution in [0.3, 0.4) is 0 Å². The summed E-state index contributed by atoms with van der Waals surface area (Å²) in [6.45, 7) is 3.50. The van der Waals surface area contributed by atoms with Gasteiger partial charge in [0.25, 0.3) is 0 Å². The average Bonchev–Trinajstić information content (AvgIpc) is 2.68. The number of fused-ring (bicyclic) bond motifs is 2. The number of rotatable bonds is 6. The summed E-state index contributed by atoms with van der Waals surface area (Å²) in [5, 5.41) is 2.90. The normalized spacial score (nSPS) is 21.0. The van der Waals surface area contributed by atoms with Crippen molar-refractivity contribution in [1.82, 2.24) is 5.32 Å². The van der Waals surface area contributed by atoms with Crippen LogP contribution in [-0.4, -0.2) is 24.9 Å². The zero-order chi connectivity index (χ0) is 19.1. The molecule has 0 spiro atoms. The minimum Gasteiger partial charge on any atom is -0.356 e. The van der Waals surface area contributed by atoms with Crippen LogP contribution in [0.25, 0.3) is 0 Å². The van der Waals surface area contributed by atoms with E-state index < -0.39 is 0 Å². The van der Waals surface area contributed by atoms with Crippen molar-refractivity contribution in [2.24, 2.45) is 11.8 Å². The van der Waals surface area contributed by atoms with Gasteiger partial charge in [0, 0.05) is 37.4 Å². The van der Waals surface area contributed by atoms with E-state index in [1.165, 1.54) is 12.8 Å². The lowest BCUT2D eigenvalue weighted by Crippen LogP contribution is -2.40. The number of benzene rings is 1. The Morgan fingerprint density at radius 2 is 2.00 bits per heavy atom. The lowest BCUT2D eigenvalue weighted by Gasteiger charge is -2.35. The second-order valence-electron chi connectivity index (χ2n) is 7.65. The van der Waals surface area contributed by atoms with Crippen LogP contribution in [0.15, 0.2) is 24.3 Å². The highest BCUT2D eigenvalue weighted by molar-refractivity contribution is 5.96. The fraction of sp³-hybridized carbons (Fsp3) is 0.565. The summed E-state index contributed by atoms with van der Waals surface area (Å²) in [6.07, 6.45) is 7.21. The summed E-state index contributed by atoms with van der Waals surface area (Å²) in [5.41, 5.74) is 1.81. The molecule has 1 aliphatic heterocycles. The average molecular weight is 367 g/mol. The van der Waals surface area contributed by atoms with Crippen molar-refractivity contribution < 1.29 is 9.59 Å². The number of nitrogens with one attached hydrogen (secondary N) is 1. The lowest BCUT2D eigenvalue weighted by molar-refractivity contribution is -0.125. The highest BCUT2D eigenvalue weighted by atomic mass is 16.2. The monoisotopic (exact) mass is 366 g/mol. The smallest absolute Gasteiger partial charge is 0.227 e. The van der Waals surface area contributed by atoms with Crippen molar-refractivity contribution in [2.45, 2.75) is 58.3 Å². The molecule has 1 aromatic rings. The summed E-state index contributed by atoms with van der Waals surface area (Å²) in [6, 6.07) is 7.89. The molecule has 1 unspecified atom stereocenters. The molecule has 27 heavy (non-hydrogen) atoms. The van der Waals surface area contributed by atoms with Gasteiger partial charge in [-0.05, 0) is 37.3 Å². The highest BCUT2D eigenvalue weighted by Crippen LogP contribution is 2.34. The Morgan fingerprint density at radius 1 is 1.19 bits per heavy atom. The SMILES string of the molecule is CCCCNC(=O)CCC(=O)N1CC2CCCC[C@H]2C#Cc2ccccc21. The summed E-state index contributed by atoms with van der Waals surface area (Å²) >= 11 is 0. The van der Waals surface area contributed by atoms with Crippen LogP contribution in [0.1, 0.15) is 63.9 Å². The summed E-state index contributed by atoms with van der Waals surface area (Å²) in [4.78, 5) is 26.9. The number of hydrogen-bond donors (Lipinski definition) is 1. The van der Waals surface area contributed by atoms with Gasteiger partial charge < -0.3 is 10.2 Å². The molecule has 0 saturated heterocycles. The molecule has 4 heteroatoms. The summed E-state index contributed by atoms with van der Waals surface area (Å²) < 4.78 is 0. The number of anilines is 1. The first-order valence-corrected chi connectivity index (χ1v) is 10.4. The molecular weight excluding hydrogens is 336 g/mol. The van der Waals surface area contributed by atoms with Crippen molar-refractivity contribution >= 4 is 17.5 Å². The molecule has 1 saturated carbocycles. The molecule has 1 fully saturated rings. The fourth-order valence-electron chi connectivity index (χ4n) is 4.02. The molecule has 1 heterocycles. The van der Waals surface area contributed by atoms with Gasteiger partial charge in [-0.1, -0.05) is 50.2 Å². The Kier molecular flexibility index (Phi) is 6.92. The number of para-hydroxylation sites is 1. The van der Waals surface area contributed by atoms with E-state index in [0.29, 0.717) is 24.9 Å². The zero-order valence-electron chi connectivity index (χ0n) is 16.3. The van der Waals surface area contributed by atoms with Crippen molar-refractivity contribution in [2.75, 3.05) is 18.0 Å². The van der Waals surface area contributed by atoms with E-state index in [-0.39, 0.29) is 24.7 Å². The van der Waals surface area contributed by atoms with E-state index in [1.807, 2.05) is 29.2 Å². The molecule has 2 aliphatic rings. The first-order chi connectivity index (χ1) is 13.2. The van der Waals surface area contributed by atoms with Crippen LogP contribution >= 0.6 is 0 Å². The van der Waals surface area contributed by atoms with Gasteiger partial charge in [0.05, 0.1) is 5.69 Å². The van der Waals surface area contributed by atoms with E-state index in [4.69, 9.17) is 0 Å². The number of nitrogens with zero attached hydrogens (tertiary/aromatic N) is 1. The molecule has 1 N–H and O–H groups in total. The minimum atomic E-state index is -0.0348. The fourth-order valence-corrected chi connectivity index (χ4v) is 4.02. The van der Waals surface area contributed by atoms with Crippen LogP contribution in [0.4, 0.5) is 5.69 Å². The number of hydrogen-bond acceptors (Lipinski definition) is 2. The van der Waals surface area contributed by atoms with Gasteiger partial charge in [-0.2, -0.15) is 0 Å². The molecule has 144 valence electrons. The van der Waals surface area contributed by atoms with Crippen LogP contribution < -0.4 is 10.2 Å². The van der Waals surface area contributed by atoms with E-state index in [2.05, 4.69) is 24.1 Å². The maximum atomic E-state index is 13.0. The molecule has 1 aliphatic carbocycles. The van der Waals surface area contributed by atoms with Gasteiger partial charge in [0.15, 0.2) is 0 Å². The Morgan fingerprint density at radius 3 is 2.85 bits per heavy atom. The predicted octanol–water partition coefficient (Wildman–Crippen LogP) is 3.89. The molecule has 1 aromatic carbocycles. The Bertz CT molecular complexity index is 731. The Balaban J connectivity index is 1.72. The maximum Gasteiger partial charge on any atom is 0.227 e. The molecule has 0 aromatic heterocycles. The van der Waals surface area contributed by atoms with Crippen LogP contribution in [0.5, 0.6) is 0 Å². The lowest BCUT2D eigenvalue weighted by atomic mass is 9.78. The third kappa shape index (κ3) is 5.13. The van der Waals surface area contributed by atoms with Gasteiger partial charge in [-0.25, -0.2) is 0 Å². The van der Waals surface area contributed by atoms with E-state index in [1.54, 1.807) is 0 Å². The van der Waals surface area contributed by atoms with Crippen molar-refractivity contribution in [3.8, 4) is 11.8 Å². The van der Waals surface area contributed by atoms with Crippen molar-refractivity contribution in [3.05, 3.63) is 29.8 Å². The summed E-state index contributed by atoms with van der Waals surface area (Å²) in [7, 11) is 0. The number of carbonyl (C=O) groups excluding carboxylic acids is 2. The van der Waals surface area contributed by atoms with E-state index in [9.17, 15) is 9.59 Å². The molecule has 3 rings (SSSR count). The van der Waals surface area contributed by atoms with Gasteiger partial charge in [0.2, 0.25) is 11.8 Å². The molecular formula is C23H30N2O2. The number of unbranched alkanes of at least 4 members (excludes halogenated alkanes) is 1. The molecule has 2 amide bonds. The number of carbonyl (C=O) groups is 2. The second-order valence-corrected chi connectivity index (χ2v) is 7.65. The second kappa shape index (κ2) is 9.60. The Labute approximate surface area is 162 Å². The van der Waals surface area contributed by atoms with E-state index >= 15 is 0 Å². The van der Waals surface area contributed by atoms with Gasteiger partial charge in [0.1, 0.15) is 0 Å². The van der Waals surface area contributed by atoms with Crippen molar-refractivity contribution in [3.63, 3.8) is 0 Å². The third-order valence-electron chi connectivity index (χ3n) is 5.63. The molecule has 4 nitrogen and oxygen atoms in total. The minimum absolute atomic E-state index is 0.0288. The van der Waals surface area contributed by atoms with Crippen LogP contribution in [0, 0.1) is 23.7 Å². The predicted molar refractivity (Wildman–Crippen MR) is 108 cm³/mol. The van der Waals surface area contributed by atoms with Crippen molar-refractivity contribution in [1.29, 1.82) is 0 Å². The van der Waals surface area contributed by atoms with Gasteiger partial charge in [-0.15, -0.1) is 0 Å². The largest absolute Gasteiger partial charge is 0.356 e. The zero-order valence-corrected chi connectivity index (χ0v) is 16.3. The standard InChI is InChI=1S/C23H30N2O2/c1-2-3-16-24-22(26)14-15-23(27)25-17-20-10-5-4-8-18(20)12-13-19-9-6-7-11-21(19)25/h6-7,9,11,18,20H,2-5,8,10,14-17H2,1H3,(H,24,26)/t18-,20?/m0/s1. The van der Waals surface area contributed by atoms with E-state index in [0.717, 1.165) is 36.9 Å². The molecule has 0 radical (unpaired) electrons. The third-order valence-corrected chi connectivity index (χ3v) is 5.63. The number of amides is 2. The topological polar surface area (TPSA) is 49.4 Å². The summed E-state index contributed by atoms with van der Waals surface area (Å²) in [5.74, 6) is 7.59. The Hall–Kier alpha value is -2.28.